The molecule has 1 N–H and O–H groups in total. The van der Waals surface area contributed by atoms with Gasteiger partial charge in [0.25, 0.3) is 0 Å². The highest BCUT2D eigenvalue weighted by Gasteiger charge is 2.16. The summed E-state index contributed by atoms with van der Waals surface area (Å²) in [7, 11) is 0. The lowest BCUT2D eigenvalue weighted by molar-refractivity contribution is -0.190. The molecule has 0 aliphatic carbocycles. The summed E-state index contributed by atoms with van der Waals surface area (Å²) in [5.74, 6) is 0. The Morgan fingerprint density at radius 2 is 2.45 bits per heavy atom. The van der Waals surface area contributed by atoms with Crippen molar-refractivity contribution in [2.45, 2.75) is 38.6 Å². The van der Waals surface area contributed by atoms with Crippen LogP contribution in [0.5, 0.6) is 0 Å². The van der Waals surface area contributed by atoms with Gasteiger partial charge in [-0.15, -0.1) is 0 Å². The fourth-order valence-electron chi connectivity index (χ4n) is 1.12. The first-order valence-corrected chi connectivity index (χ1v) is 4.21. The van der Waals surface area contributed by atoms with Gasteiger partial charge in [0.05, 0.1) is 12.7 Å². The Morgan fingerprint density at radius 3 is 3.00 bits per heavy atom. The Morgan fingerprint density at radius 1 is 1.64 bits per heavy atom. The van der Waals surface area contributed by atoms with E-state index in [0.717, 1.165) is 19.4 Å². The number of rotatable bonds is 3. The van der Waals surface area contributed by atoms with Crippen molar-refractivity contribution in [3.05, 3.63) is 0 Å². The van der Waals surface area contributed by atoms with Crippen LogP contribution in [0.3, 0.4) is 0 Å². The summed E-state index contributed by atoms with van der Waals surface area (Å²) in [5.41, 5.74) is 0. The third-order valence-corrected chi connectivity index (χ3v) is 1.78. The molecule has 0 aromatic rings. The van der Waals surface area contributed by atoms with E-state index in [9.17, 15) is 0 Å². The fourth-order valence-corrected chi connectivity index (χ4v) is 1.12. The van der Waals surface area contributed by atoms with E-state index in [1.807, 2.05) is 6.92 Å². The van der Waals surface area contributed by atoms with Crippen LogP contribution in [-0.4, -0.2) is 30.7 Å². The second-order valence-electron chi connectivity index (χ2n) is 2.93. The van der Waals surface area contributed by atoms with Gasteiger partial charge in [0.15, 0.2) is 6.29 Å². The van der Waals surface area contributed by atoms with Gasteiger partial charge in [0.2, 0.25) is 0 Å². The minimum Gasteiger partial charge on any atom is -0.394 e. The molecular weight excluding hydrogens is 144 g/mol. The molecule has 3 heteroatoms. The largest absolute Gasteiger partial charge is 0.394 e. The molecule has 1 aliphatic rings. The molecule has 0 saturated carbocycles. The zero-order valence-corrected chi connectivity index (χ0v) is 6.95. The van der Waals surface area contributed by atoms with Crippen LogP contribution >= 0.6 is 0 Å². The van der Waals surface area contributed by atoms with Gasteiger partial charge in [-0.1, -0.05) is 0 Å². The summed E-state index contributed by atoms with van der Waals surface area (Å²) in [6.07, 6.45) is 3.09. The maximum Gasteiger partial charge on any atom is 0.158 e. The average molecular weight is 160 g/mol. The molecular formula is C8H16O3. The van der Waals surface area contributed by atoms with Crippen LogP contribution in [0, 0.1) is 0 Å². The number of aliphatic hydroxyl groups excluding tert-OH is 1. The summed E-state index contributed by atoms with van der Waals surface area (Å²) < 4.78 is 10.7. The van der Waals surface area contributed by atoms with Crippen molar-refractivity contribution in [1.29, 1.82) is 0 Å². The number of hydrogen-bond acceptors (Lipinski definition) is 3. The third-order valence-electron chi connectivity index (χ3n) is 1.78. The second kappa shape index (κ2) is 4.70. The highest BCUT2D eigenvalue weighted by atomic mass is 16.7. The van der Waals surface area contributed by atoms with Gasteiger partial charge in [0, 0.05) is 6.61 Å². The summed E-state index contributed by atoms with van der Waals surface area (Å²) in [6.45, 7) is 2.71. The van der Waals surface area contributed by atoms with E-state index >= 15 is 0 Å². The Kier molecular flexibility index (Phi) is 3.83. The molecule has 66 valence electrons. The SMILES string of the molecule is C[C@H](CO)O[C@@H]1CCCCO1. The van der Waals surface area contributed by atoms with Crippen molar-refractivity contribution in [2.75, 3.05) is 13.2 Å². The van der Waals surface area contributed by atoms with Gasteiger partial charge in [-0.3, -0.25) is 0 Å². The smallest absolute Gasteiger partial charge is 0.158 e. The minimum atomic E-state index is -0.0990. The van der Waals surface area contributed by atoms with E-state index in [4.69, 9.17) is 14.6 Å². The van der Waals surface area contributed by atoms with Crippen molar-refractivity contribution < 1.29 is 14.6 Å². The first-order valence-electron chi connectivity index (χ1n) is 4.21. The van der Waals surface area contributed by atoms with E-state index in [1.54, 1.807) is 0 Å². The van der Waals surface area contributed by atoms with Crippen LogP contribution in [0.25, 0.3) is 0 Å². The van der Waals surface area contributed by atoms with Crippen molar-refractivity contribution in [3.63, 3.8) is 0 Å². The zero-order chi connectivity index (χ0) is 8.10. The molecule has 2 atom stereocenters. The van der Waals surface area contributed by atoms with E-state index in [0.29, 0.717) is 0 Å². The molecule has 0 radical (unpaired) electrons. The number of hydrogen-bond donors (Lipinski definition) is 1. The molecule has 1 fully saturated rings. The average Bonchev–Trinajstić information content (AvgIpc) is 2.06. The molecule has 1 saturated heterocycles. The Balaban J connectivity index is 2.13. The van der Waals surface area contributed by atoms with Crippen molar-refractivity contribution in [2.24, 2.45) is 0 Å². The van der Waals surface area contributed by atoms with Gasteiger partial charge < -0.3 is 14.6 Å². The summed E-state index contributed by atoms with van der Waals surface area (Å²) in [4.78, 5) is 0. The van der Waals surface area contributed by atoms with Gasteiger partial charge in [-0.25, -0.2) is 0 Å². The van der Waals surface area contributed by atoms with Crippen LogP contribution in [0.4, 0.5) is 0 Å². The molecule has 0 aromatic heterocycles. The predicted molar refractivity (Wildman–Crippen MR) is 41.2 cm³/mol. The third kappa shape index (κ3) is 3.18. The van der Waals surface area contributed by atoms with Gasteiger partial charge in [0.1, 0.15) is 0 Å². The molecule has 0 bridgehead atoms. The molecule has 0 aromatic carbocycles. The van der Waals surface area contributed by atoms with Gasteiger partial charge in [-0.05, 0) is 26.2 Å². The van der Waals surface area contributed by atoms with Crippen molar-refractivity contribution in [1.82, 2.24) is 0 Å². The molecule has 1 rings (SSSR count). The normalized spacial score (nSPS) is 28.4. The maximum absolute atomic E-state index is 8.68. The number of ether oxygens (including phenoxy) is 2. The molecule has 1 aliphatic heterocycles. The Bertz CT molecular complexity index is 99.5. The van der Waals surface area contributed by atoms with E-state index < -0.39 is 0 Å². The van der Waals surface area contributed by atoms with Crippen LogP contribution in [-0.2, 0) is 9.47 Å². The van der Waals surface area contributed by atoms with Crippen LogP contribution in [0.1, 0.15) is 26.2 Å². The maximum atomic E-state index is 8.68. The van der Waals surface area contributed by atoms with E-state index in [1.165, 1.54) is 6.42 Å². The van der Waals surface area contributed by atoms with Crippen LogP contribution in [0.15, 0.2) is 0 Å². The highest BCUT2D eigenvalue weighted by molar-refractivity contribution is 4.56. The summed E-state index contributed by atoms with van der Waals surface area (Å²) >= 11 is 0. The first-order chi connectivity index (χ1) is 5.33. The summed E-state index contributed by atoms with van der Waals surface area (Å²) in [6, 6.07) is 0. The molecule has 1 heterocycles. The predicted octanol–water partition coefficient (Wildman–Crippen LogP) is 0.910. The molecule has 0 unspecified atom stereocenters. The molecule has 11 heavy (non-hydrogen) atoms. The number of aliphatic hydroxyl groups is 1. The van der Waals surface area contributed by atoms with Gasteiger partial charge >= 0.3 is 0 Å². The molecule has 0 amide bonds. The van der Waals surface area contributed by atoms with E-state index in [-0.39, 0.29) is 19.0 Å². The first kappa shape index (κ1) is 8.97. The minimum absolute atomic E-state index is 0.0693. The van der Waals surface area contributed by atoms with Crippen LogP contribution < -0.4 is 0 Å². The van der Waals surface area contributed by atoms with Crippen LogP contribution in [0.2, 0.25) is 0 Å². The lowest BCUT2D eigenvalue weighted by Gasteiger charge is -2.25. The standard InChI is InChI=1S/C8H16O3/c1-7(6-9)11-8-4-2-3-5-10-8/h7-9H,2-6H2,1H3/t7-,8-/m1/s1. The van der Waals surface area contributed by atoms with E-state index in [2.05, 4.69) is 0 Å². The van der Waals surface area contributed by atoms with Crippen molar-refractivity contribution >= 4 is 0 Å². The fraction of sp³-hybridized carbons (Fsp3) is 1.00. The zero-order valence-electron chi connectivity index (χ0n) is 6.95. The lowest BCUT2D eigenvalue weighted by Crippen LogP contribution is -2.28. The lowest BCUT2D eigenvalue weighted by atomic mass is 10.2. The Hall–Kier alpha value is -0.120. The Labute approximate surface area is 67.3 Å². The van der Waals surface area contributed by atoms with Crippen molar-refractivity contribution in [3.8, 4) is 0 Å². The monoisotopic (exact) mass is 160 g/mol. The van der Waals surface area contributed by atoms with Gasteiger partial charge in [-0.2, -0.15) is 0 Å². The summed E-state index contributed by atoms with van der Waals surface area (Å²) in [5, 5.41) is 8.68. The second-order valence-corrected chi connectivity index (χ2v) is 2.93. The quantitative estimate of drug-likeness (QED) is 0.667. The molecule has 3 nitrogen and oxygen atoms in total. The molecule has 0 spiro atoms. The topological polar surface area (TPSA) is 38.7 Å². The highest BCUT2D eigenvalue weighted by Crippen LogP contribution is 2.14.